The number of thioether (sulfide) groups is 1. The minimum atomic E-state index is -0.715. The van der Waals surface area contributed by atoms with Gasteiger partial charge in [-0.2, -0.15) is 0 Å². The van der Waals surface area contributed by atoms with Crippen LogP contribution in [0.2, 0.25) is 0 Å². The summed E-state index contributed by atoms with van der Waals surface area (Å²) in [5, 5.41) is 4.16. The van der Waals surface area contributed by atoms with Crippen LogP contribution < -0.4 is 10.1 Å². The molecule has 0 radical (unpaired) electrons. The molecular weight excluding hydrogens is 402 g/mol. The fourth-order valence-electron chi connectivity index (χ4n) is 2.05. The Morgan fingerprint density at radius 3 is 2.61 bits per heavy atom. The highest BCUT2D eigenvalue weighted by Crippen LogP contribution is 2.19. The lowest BCUT2D eigenvalue weighted by Crippen LogP contribution is -2.32. The number of esters is 2. The normalized spacial score (nSPS) is 10.2. The monoisotopic (exact) mass is 421 g/mol. The molecule has 1 heterocycles. The number of carbonyl (C=O) groups excluding carboxylic acids is 4. The lowest BCUT2D eigenvalue weighted by molar-refractivity contribution is -0.135. The number of nitrogens with one attached hydrogen (secondary N) is 1. The summed E-state index contributed by atoms with van der Waals surface area (Å²) < 4.78 is 10.1. The first-order chi connectivity index (χ1) is 13.5. The predicted molar refractivity (Wildman–Crippen MR) is 107 cm³/mol. The molecule has 1 N–H and O–H groups in total. The Bertz CT molecular complexity index is 835. The Kier molecular flexibility index (Phi) is 8.70. The van der Waals surface area contributed by atoms with Crippen molar-refractivity contribution in [3.63, 3.8) is 0 Å². The van der Waals surface area contributed by atoms with Gasteiger partial charge >= 0.3 is 11.9 Å². The van der Waals surface area contributed by atoms with Crippen LogP contribution in [0.1, 0.15) is 33.4 Å². The lowest BCUT2D eigenvalue weighted by atomic mass is 10.2. The average Bonchev–Trinajstić information content (AvgIpc) is 3.22. The highest BCUT2D eigenvalue weighted by Gasteiger charge is 2.16. The topological polar surface area (TPSA) is 98.8 Å². The zero-order chi connectivity index (χ0) is 20.4. The molecule has 9 heteroatoms. The van der Waals surface area contributed by atoms with Gasteiger partial charge in [-0.25, -0.2) is 9.59 Å². The number of amides is 1. The van der Waals surface area contributed by atoms with E-state index in [-0.39, 0.29) is 41.9 Å². The Morgan fingerprint density at radius 1 is 1.11 bits per heavy atom. The summed E-state index contributed by atoms with van der Waals surface area (Å²) in [6.45, 7) is 1.53. The molecule has 0 aliphatic rings. The molecule has 0 fully saturated rings. The number of rotatable bonds is 9. The molecule has 0 bridgehead atoms. The van der Waals surface area contributed by atoms with E-state index in [0.717, 1.165) is 11.8 Å². The molecule has 2 aromatic rings. The van der Waals surface area contributed by atoms with Crippen molar-refractivity contribution in [2.24, 2.45) is 0 Å². The van der Waals surface area contributed by atoms with Gasteiger partial charge in [0.15, 0.2) is 0 Å². The van der Waals surface area contributed by atoms with E-state index in [1.807, 2.05) is 5.38 Å². The van der Waals surface area contributed by atoms with Crippen molar-refractivity contribution in [3.05, 3.63) is 52.2 Å². The molecule has 148 valence electrons. The van der Waals surface area contributed by atoms with E-state index in [2.05, 4.69) is 5.32 Å². The zero-order valence-electron chi connectivity index (χ0n) is 15.1. The van der Waals surface area contributed by atoms with Crippen LogP contribution in [0.3, 0.4) is 0 Å². The van der Waals surface area contributed by atoms with Crippen molar-refractivity contribution in [1.82, 2.24) is 5.32 Å². The zero-order valence-corrected chi connectivity index (χ0v) is 16.8. The quantitative estimate of drug-likeness (QED) is 0.491. The van der Waals surface area contributed by atoms with E-state index in [0.29, 0.717) is 10.6 Å². The predicted octanol–water partition coefficient (Wildman–Crippen LogP) is 2.91. The van der Waals surface area contributed by atoms with Crippen LogP contribution in [0, 0.1) is 0 Å². The van der Waals surface area contributed by atoms with Gasteiger partial charge in [0.25, 0.3) is 0 Å². The third kappa shape index (κ3) is 6.82. The van der Waals surface area contributed by atoms with Crippen molar-refractivity contribution in [2.45, 2.75) is 13.3 Å². The second-order valence-electron chi connectivity index (χ2n) is 5.33. The second kappa shape index (κ2) is 11.3. The molecule has 2 rings (SSSR count). The second-order valence-corrected chi connectivity index (χ2v) is 7.35. The van der Waals surface area contributed by atoms with E-state index < -0.39 is 11.9 Å². The number of hydrogen-bond acceptors (Lipinski definition) is 8. The molecule has 1 amide bonds. The smallest absolute Gasteiger partial charge is 0.341 e. The van der Waals surface area contributed by atoms with Gasteiger partial charge in [-0.1, -0.05) is 30.0 Å². The van der Waals surface area contributed by atoms with Crippen molar-refractivity contribution >= 4 is 46.1 Å². The third-order valence-corrected chi connectivity index (χ3v) is 5.21. The first kappa shape index (κ1) is 21.6. The van der Waals surface area contributed by atoms with Crippen molar-refractivity contribution in [3.8, 4) is 5.75 Å². The summed E-state index contributed by atoms with van der Waals surface area (Å²) in [5.74, 6) is -1.31. The first-order valence-electron chi connectivity index (χ1n) is 8.45. The summed E-state index contributed by atoms with van der Waals surface area (Å²) in [6.07, 6.45) is 0.0917. The van der Waals surface area contributed by atoms with Crippen molar-refractivity contribution in [2.75, 3.05) is 18.9 Å². The molecule has 1 aromatic carbocycles. The number of ether oxygens (including phenoxy) is 2. The minimum Gasteiger partial charge on any atom is -0.462 e. The van der Waals surface area contributed by atoms with Crippen LogP contribution >= 0.6 is 23.1 Å². The molecule has 0 aliphatic heterocycles. The number of benzene rings is 1. The molecule has 1 aromatic heterocycles. The maximum atomic E-state index is 11.9. The minimum absolute atomic E-state index is 0.0669. The van der Waals surface area contributed by atoms with Gasteiger partial charge in [-0.05, 0) is 30.5 Å². The molecule has 7 nitrogen and oxygen atoms in total. The molecule has 0 saturated heterocycles. The van der Waals surface area contributed by atoms with Gasteiger partial charge in [0.1, 0.15) is 17.9 Å². The van der Waals surface area contributed by atoms with E-state index >= 15 is 0 Å². The van der Waals surface area contributed by atoms with Gasteiger partial charge in [0.05, 0.1) is 11.5 Å². The van der Waals surface area contributed by atoms with Crippen LogP contribution in [0.25, 0.3) is 0 Å². The Labute approximate surface area is 170 Å². The summed E-state index contributed by atoms with van der Waals surface area (Å²) in [4.78, 5) is 48.1. The van der Waals surface area contributed by atoms with Crippen molar-refractivity contribution < 1.29 is 28.7 Å². The van der Waals surface area contributed by atoms with Crippen LogP contribution in [-0.4, -0.2) is 41.9 Å². The van der Waals surface area contributed by atoms with Crippen LogP contribution in [-0.2, 0) is 14.3 Å². The van der Waals surface area contributed by atoms with E-state index in [1.165, 1.54) is 23.5 Å². The van der Waals surface area contributed by atoms with Crippen LogP contribution in [0.4, 0.5) is 0 Å². The SMILES string of the molecule is CCOC(=O)c1ccccc1OC(=O)CNC(=O)CCSC(=O)c1cccs1. The standard InChI is InChI=1S/C19H19NO6S2/c1-2-25-18(23)13-6-3-4-7-14(13)26-17(22)12-20-16(21)9-11-28-19(24)15-8-5-10-27-15/h3-8,10H,2,9,11-12H2,1H3,(H,20,21). The van der Waals surface area contributed by atoms with Gasteiger partial charge in [-0.3, -0.25) is 9.59 Å². The summed E-state index contributed by atoms with van der Waals surface area (Å²) in [6, 6.07) is 9.72. The molecular formula is C19H19NO6S2. The van der Waals surface area contributed by atoms with E-state index in [1.54, 1.807) is 31.2 Å². The van der Waals surface area contributed by atoms with E-state index in [9.17, 15) is 19.2 Å². The van der Waals surface area contributed by atoms with Crippen LogP contribution in [0.5, 0.6) is 5.75 Å². The Hall–Kier alpha value is -2.65. The molecule has 0 saturated carbocycles. The lowest BCUT2D eigenvalue weighted by Gasteiger charge is -2.10. The molecule has 0 atom stereocenters. The third-order valence-electron chi connectivity index (χ3n) is 3.32. The van der Waals surface area contributed by atoms with Gasteiger partial charge in [0.2, 0.25) is 11.0 Å². The van der Waals surface area contributed by atoms with Crippen LogP contribution in [0.15, 0.2) is 41.8 Å². The average molecular weight is 421 g/mol. The molecule has 0 unspecified atom stereocenters. The maximum absolute atomic E-state index is 11.9. The summed E-state index contributed by atoms with van der Waals surface area (Å²) in [5.41, 5.74) is 0.132. The highest BCUT2D eigenvalue weighted by atomic mass is 32.2. The first-order valence-corrected chi connectivity index (χ1v) is 10.3. The Balaban J connectivity index is 1.74. The number of para-hydroxylation sites is 1. The fourth-order valence-corrected chi connectivity index (χ4v) is 3.61. The fraction of sp³-hybridized carbons (Fsp3) is 0.263. The summed E-state index contributed by atoms with van der Waals surface area (Å²) >= 11 is 2.40. The summed E-state index contributed by atoms with van der Waals surface area (Å²) in [7, 11) is 0. The molecule has 0 spiro atoms. The molecule has 28 heavy (non-hydrogen) atoms. The highest BCUT2D eigenvalue weighted by molar-refractivity contribution is 8.14. The van der Waals surface area contributed by atoms with E-state index in [4.69, 9.17) is 9.47 Å². The number of hydrogen-bond donors (Lipinski definition) is 1. The largest absolute Gasteiger partial charge is 0.462 e. The molecule has 0 aliphatic carbocycles. The Morgan fingerprint density at radius 2 is 1.89 bits per heavy atom. The van der Waals surface area contributed by atoms with Gasteiger partial charge < -0.3 is 14.8 Å². The number of thiophene rings is 1. The number of carbonyl (C=O) groups is 4. The van der Waals surface area contributed by atoms with Gasteiger partial charge in [-0.15, -0.1) is 11.3 Å². The van der Waals surface area contributed by atoms with Crippen molar-refractivity contribution in [1.29, 1.82) is 0 Å². The van der Waals surface area contributed by atoms with Gasteiger partial charge in [0, 0.05) is 12.2 Å². The maximum Gasteiger partial charge on any atom is 0.341 e.